The highest BCUT2D eigenvalue weighted by Gasteiger charge is 2.38. The summed E-state index contributed by atoms with van der Waals surface area (Å²) in [6.45, 7) is 16.4. The van der Waals surface area contributed by atoms with Crippen molar-refractivity contribution in [3.63, 3.8) is 0 Å². The Morgan fingerprint density at radius 3 is 1.32 bits per heavy atom. The van der Waals surface area contributed by atoms with E-state index >= 15 is 0 Å². The largest absolute Gasteiger partial charge is 0.481 e. The molecule has 0 aliphatic rings. The molecule has 1 rings (SSSR count). The maximum absolute atomic E-state index is 14.6. The van der Waals surface area contributed by atoms with Crippen LogP contribution in [0, 0.1) is 29.6 Å². The Morgan fingerprint density at radius 2 is 0.833 bits per heavy atom. The Bertz CT molecular complexity index is 3120. The molecule has 0 aliphatic heterocycles. The number of carbonyl (C=O) groups excluding carboxylic acids is 14. The molecule has 610 valence electrons. The molecule has 28 N–H and O–H groups in total. The lowest BCUT2D eigenvalue weighted by Crippen LogP contribution is -2.61. The molecule has 0 spiro atoms. The van der Waals surface area contributed by atoms with Crippen LogP contribution in [0.25, 0.3) is 0 Å². The number of unbranched alkanes of at least 4 members (excludes halogenated alkanes) is 2. The van der Waals surface area contributed by atoms with Crippen LogP contribution in [0.4, 0.5) is 0 Å². The standard InChI is InChI=1S/C71H124N20O17/c1-11-41(9)57(91-63(101)45(24-17-19-29-73)84-70(108)58(42(10)12-2)90-60(98)44(74)23-16-18-28-72)69(107)80-36-55(94)81-49(32-39(5)6)64(102)87-51(34-43-21-14-13-15-22-43)66(104)88-52(35-56(95)96)67(105)83-47(26-27-54(75)93)62(100)86-50(33-40(7)8)65(103)89-53(37-92)68(106)82-46(25-20-30-79-71(77)78)61(99)85-48(59(76)97)31-38(3)4/h13-15,21-22,38-42,44-53,57-58,92H,11-12,16-20,23-37,72-74H2,1-10H3,(H2,75,93)(H2,76,97)(H,80,107)(H,81,94)(H,82,106)(H,83,105)(H,84,108)(H,85,99)(H,86,100)(H,87,102)(H,88,104)(H,89,103)(H,90,98)(H,91,101)(H,95,96)(H4,77,78,79)/t41-,42-,44-,45-,46-,47-,48-,49-,50-,51-,52-,53-,57-,58-/m0/s1. The molecule has 14 atom stereocenters. The van der Waals surface area contributed by atoms with E-state index in [0.717, 1.165) is 0 Å². The third-order valence-corrected chi connectivity index (χ3v) is 17.6. The van der Waals surface area contributed by atoms with Crippen LogP contribution in [0.15, 0.2) is 35.3 Å². The first-order chi connectivity index (χ1) is 50.8. The van der Waals surface area contributed by atoms with Crippen molar-refractivity contribution < 1.29 is 82.1 Å². The molecule has 14 amide bonds. The van der Waals surface area contributed by atoms with Gasteiger partial charge in [0.25, 0.3) is 0 Å². The summed E-state index contributed by atoms with van der Waals surface area (Å²) in [5.41, 5.74) is 39.9. The number of nitrogens with one attached hydrogen (secondary N) is 12. The zero-order valence-electron chi connectivity index (χ0n) is 64.3. The van der Waals surface area contributed by atoms with Crippen LogP contribution in [0.5, 0.6) is 0 Å². The lowest BCUT2D eigenvalue weighted by molar-refractivity contribution is -0.141. The van der Waals surface area contributed by atoms with E-state index in [1.807, 2.05) is 6.92 Å². The number of primary amides is 2. The molecule has 1 aromatic carbocycles. The summed E-state index contributed by atoms with van der Waals surface area (Å²) in [4.78, 5) is 209. The number of rotatable bonds is 55. The van der Waals surface area contributed by atoms with Gasteiger partial charge in [0.2, 0.25) is 82.7 Å². The molecule has 1 aromatic rings. The molecule has 0 bridgehead atoms. The molecular formula is C71H124N20O17. The molecule has 0 saturated carbocycles. The molecule has 37 heteroatoms. The van der Waals surface area contributed by atoms with Crippen molar-refractivity contribution in [3.8, 4) is 0 Å². The minimum Gasteiger partial charge on any atom is -0.481 e. The second-order valence-corrected chi connectivity index (χ2v) is 28.5. The number of aliphatic hydroxyl groups is 1. The Labute approximate surface area is 632 Å². The number of carboxylic acids is 1. The highest BCUT2D eigenvalue weighted by atomic mass is 16.4. The summed E-state index contributed by atoms with van der Waals surface area (Å²) in [5, 5.41) is 51.0. The van der Waals surface area contributed by atoms with E-state index in [2.05, 4.69) is 68.8 Å². The second-order valence-electron chi connectivity index (χ2n) is 28.5. The van der Waals surface area contributed by atoms with Crippen molar-refractivity contribution in [2.45, 2.75) is 251 Å². The zero-order valence-corrected chi connectivity index (χ0v) is 64.3. The quantitative estimate of drug-likeness (QED) is 0.0167. The number of carbonyl (C=O) groups is 15. The van der Waals surface area contributed by atoms with E-state index in [0.29, 0.717) is 57.1 Å². The summed E-state index contributed by atoms with van der Waals surface area (Å²) in [6, 6.07) is -9.00. The van der Waals surface area contributed by atoms with E-state index in [4.69, 9.17) is 40.1 Å². The van der Waals surface area contributed by atoms with Crippen LogP contribution in [0.3, 0.4) is 0 Å². The smallest absolute Gasteiger partial charge is 0.305 e. The zero-order chi connectivity index (χ0) is 81.9. The molecular weight excluding hydrogens is 1400 g/mol. The van der Waals surface area contributed by atoms with Gasteiger partial charge in [0.05, 0.1) is 25.6 Å². The van der Waals surface area contributed by atoms with Crippen LogP contribution >= 0.6 is 0 Å². The average Bonchev–Trinajstić information content (AvgIpc) is 0.858. The molecule has 0 heterocycles. The van der Waals surface area contributed by atoms with Crippen molar-refractivity contribution >= 4 is 94.6 Å². The fourth-order valence-electron chi connectivity index (χ4n) is 11.1. The first-order valence-electron chi connectivity index (χ1n) is 37.1. The summed E-state index contributed by atoms with van der Waals surface area (Å²) in [7, 11) is 0. The number of nitrogens with two attached hydrogens (primary N) is 7. The number of aliphatic hydroxyl groups excluding tert-OH is 1. The van der Waals surface area contributed by atoms with Crippen LogP contribution in [0.1, 0.15) is 178 Å². The number of aliphatic imine (C=N–C) groups is 1. The normalized spacial score (nSPS) is 15.1. The minimum absolute atomic E-state index is 0.0195. The maximum atomic E-state index is 14.6. The van der Waals surface area contributed by atoms with Gasteiger partial charge in [0, 0.05) is 19.4 Å². The van der Waals surface area contributed by atoms with Crippen LogP contribution in [-0.2, 0) is 78.3 Å². The molecule has 108 heavy (non-hydrogen) atoms. The summed E-state index contributed by atoms with van der Waals surface area (Å²) in [5.74, 6) is -16.5. The van der Waals surface area contributed by atoms with Gasteiger partial charge in [0.1, 0.15) is 66.5 Å². The number of hydrogen-bond donors (Lipinski definition) is 21. The molecule has 0 unspecified atom stereocenters. The van der Waals surface area contributed by atoms with Crippen molar-refractivity contribution in [1.82, 2.24) is 63.8 Å². The summed E-state index contributed by atoms with van der Waals surface area (Å²) >= 11 is 0. The number of benzene rings is 1. The topological polar surface area (TPSA) is 635 Å². The second kappa shape index (κ2) is 51.6. The molecule has 0 aliphatic carbocycles. The molecule has 0 fully saturated rings. The van der Waals surface area contributed by atoms with Gasteiger partial charge in [-0.25, -0.2) is 0 Å². The fraction of sp³-hybridized carbons (Fsp3) is 0.690. The van der Waals surface area contributed by atoms with Gasteiger partial charge in [-0.3, -0.25) is 76.9 Å². The van der Waals surface area contributed by atoms with Gasteiger partial charge >= 0.3 is 5.97 Å². The van der Waals surface area contributed by atoms with Gasteiger partial charge in [0.15, 0.2) is 5.96 Å². The highest BCUT2D eigenvalue weighted by molar-refractivity contribution is 6.00. The van der Waals surface area contributed by atoms with Gasteiger partial charge in [-0.2, -0.15) is 0 Å². The van der Waals surface area contributed by atoms with Crippen molar-refractivity contribution in [1.29, 1.82) is 0 Å². The molecule has 0 saturated heterocycles. The van der Waals surface area contributed by atoms with Crippen LogP contribution in [-0.4, -0.2) is 210 Å². The SMILES string of the molecule is CC[C@H](C)[C@H](NC(=O)[C@H](CCCCN)NC(=O)[C@@H](NC(=O)[C@@H](N)CCCCN)[C@@H](C)CC)C(=O)NCC(=O)N[C@@H](CC(C)C)C(=O)N[C@@H](Cc1ccccc1)C(=O)N[C@@H](CC(=O)O)C(=O)N[C@@H](CCC(N)=O)C(=O)N[C@@H](CC(C)C)C(=O)N[C@@H](CO)C(=O)N[C@@H](CCCN=C(N)N)C(=O)N[C@@H](CC(C)C)C(N)=O. The van der Waals surface area contributed by atoms with Crippen LogP contribution < -0.4 is 104 Å². The van der Waals surface area contributed by atoms with Crippen LogP contribution in [0.2, 0.25) is 0 Å². The number of hydrogen-bond acceptors (Lipinski definition) is 20. The minimum atomic E-state index is -2.02. The molecule has 37 nitrogen and oxygen atoms in total. The Morgan fingerprint density at radius 1 is 0.435 bits per heavy atom. The van der Waals surface area contributed by atoms with Gasteiger partial charge < -0.3 is 114 Å². The predicted molar refractivity (Wildman–Crippen MR) is 402 cm³/mol. The predicted octanol–water partition coefficient (Wildman–Crippen LogP) is -4.23. The molecule has 0 aromatic heterocycles. The number of nitrogens with zero attached hydrogens (tertiary/aromatic N) is 1. The van der Waals surface area contributed by atoms with E-state index in [1.165, 1.54) is 0 Å². The van der Waals surface area contributed by atoms with E-state index < -0.39 is 200 Å². The average molecular weight is 1530 g/mol. The van der Waals surface area contributed by atoms with E-state index in [9.17, 15) is 82.1 Å². The van der Waals surface area contributed by atoms with Gasteiger partial charge in [-0.05, 0) is 119 Å². The van der Waals surface area contributed by atoms with Gasteiger partial charge in [-0.15, -0.1) is 0 Å². The maximum Gasteiger partial charge on any atom is 0.305 e. The number of carboxylic acid groups (broad SMARTS) is 1. The Kier molecular flexibility index (Phi) is 46.1. The summed E-state index contributed by atoms with van der Waals surface area (Å²) in [6.07, 6.45) is 0.833. The lowest BCUT2D eigenvalue weighted by Gasteiger charge is -2.29. The third kappa shape index (κ3) is 38.3. The highest BCUT2D eigenvalue weighted by Crippen LogP contribution is 2.16. The number of guanidine groups is 1. The van der Waals surface area contributed by atoms with E-state index in [-0.39, 0.29) is 87.7 Å². The number of aliphatic carboxylic acids is 1. The fourth-order valence-corrected chi connectivity index (χ4v) is 11.1. The van der Waals surface area contributed by atoms with Gasteiger partial charge in [-0.1, -0.05) is 119 Å². The third-order valence-electron chi connectivity index (χ3n) is 17.6. The van der Waals surface area contributed by atoms with E-state index in [1.54, 1.807) is 92.6 Å². The Balaban J connectivity index is 3.61. The lowest BCUT2D eigenvalue weighted by atomic mass is 9.96. The first kappa shape index (κ1) is 96.4. The first-order valence-corrected chi connectivity index (χ1v) is 37.1. The van der Waals surface area contributed by atoms with Crippen molar-refractivity contribution in [2.75, 3.05) is 32.8 Å². The molecule has 0 radical (unpaired) electrons. The summed E-state index contributed by atoms with van der Waals surface area (Å²) < 4.78 is 0. The monoisotopic (exact) mass is 1530 g/mol. The Hall–Kier alpha value is -9.62. The van der Waals surface area contributed by atoms with Crippen molar-refractivity contribution in [2.24, 2.45) is 74.7 Å². The number of amides is 14. The van der Waals surface area contributed by atoms with Crippen molar-refractivity contribution in [3.05, 3.63) is 35.9 Å².